The predicted octanol–water partition coefficient (Wildman–Crippen LogP) is 7.68. The van der Waals surface area contributed by atoms with Gasteiger partial charge in [-0.2, -0.15) is 0 Å². The maximum atomic E-state index is 13.2. The molecule has 0 aliphatic carbocycles. The molecule has 0 bridgehead atoms. The minimum Gasteiger partial charge on any atom is -0.372 e. The molecule has 0 fully saturated rings. The van der Waals surface area contributed by atoms with E-state index >= 15 is 0 Å². The summed E-state index contributed by atoms with van der Waals surface area (Å²) in [7, 11) is 0. The summed E-state index contributed by atoms with van der Waals surface area (Å²) in [6.07, 6.45) is 13.1. The molecule has 0 aromatic heterocycles. The molecule has 0 saturated carbocycles. The number of carbonyl (C=O) groups is 2. The molecule has 0 amide bonds. The lowest BCUT2D eigenvalue weighted by atomic mass is 9.76. The third kappa shape index (κ3) is 7.15. The molecule has 1 aromatic rings. The molecule has 38 heavy (non-hydrogen) atoms. The highest BCUT2D eigenvalue weighted by molar-refractivity contribution is 6.08. The third-order valence-corrected chi connectivity index (χ3v) is 8.00. The average Bonchev–Trinajstić information content (AvgIpc) is 2.79. The number of allylic oxidation sites excluding steroid dienone is 4. The normalized spacial score (nSPS) is 20.1. The quantitative estimate of drug-likeness (QED) is 0.364. The lowest BCUT2D eigenvalue weighted by Crippen LogP contribution is -2.44. The van der Waals surface area contributed by atoms with Gasteiger partial charge in [0.2, 0.25) is 0 Å². The van der Waals surface area contributed by atoms with Crippen molar-refractivity contribution < 1.29 is 9.59 Å². The minimum atomic E-state index is -0.154. The van der Waals surface area contributed by atoms with Crippen molar-refractivity contribution in [3.8, 4) is 0 Å². The fraction of sp³-hybridized carbons (Fsp3) is 0.529. The van der Waals surface area contributed by atoms with Crippen molar-refractivity contribution in [3.05, 3.63) is 71.1 Å². The zero-order valence-corrected chi connectivity index (χ0v) is 25.3. The molecule has 2 aliphatic rings. The molecule has 0 saturated heterocycles. The van der Waals surface area contributed by atoms with Crippen molar-refractivity contribution in [2.45, 2.75) is 93.2 Å². The molecule has 1 aromatic carbocycles. The van der Waals surface area contributed by atoms with Crippen LogP contribution in [0.2, 0.25) is 0 Å². The van der Waals surface area contributed by atoms with Crippen molar-refractivity contribution in [2.24, 2.45) is 10.8 Å². The first-order valence-electron chi connectivity index (χ1n) is 13.9. The molecule has 0 spiro atoms. The monoisotopic (exact) mass is 516 g/mol. The third-order valence-electron chi connectivity index (χ3n) is 8.00. The second kappa shape index (κ2) is 10.7. The van der Waals surface area contributed by atoms with Crippen LogP contribution in [-0.2, 0) is 9.59 Å². The summed E-state index contributed by atoms with van der Waals surface area (Å²) in [5.41, 5.74) is 3.23. The van der Waals surface area contributed by atoms with E-state index in [1.54, 1.807) is 12.2 Å². The van der Waals surface area contributed by atoms with Gasteiger partial charge in [-0.25, -0.2) is 0 Å². The average molecular weight is 517 g/mol. The van der Waals surface area contributed by atoms with Crippen LogP contribution in [0.4, 0.5) is 0 Å². The summed E-state index contributed by atoms with van der Waals surface area (Å²) < 4.78 is 0. The molecule has 206 valence electrons. The van der Waals surface area contributed by atoms with Gasteiger partial charge in [0.1, 0.15) is 0 Å². The number of rotatable bonds is 6. The van der Waals surface area contributed by atoms with Gasteiger partial charge in [-0.05, 0) is 94.6 Å². The zero-order chi connectivity index (χ0) is 28.5. The molecule has 4 nitrogen and oxygen atoms in total. The SMILES string of the molecule is CC1(C)CCN(C(C)(C)C)C=C1C(=O)/C=C/c1cccc(/C=C/C(=O)C2=CN(C(C)(C)C)CCC2(C)C)c1. The maximum absolute atomic E-state index is 13.2. The maximum Gasteiger partial charge on any atom is 0.183 e. The van der Waals surface area contributed by atoms with Crippen LogP contribution >= 0.6 is 0 Å². The van der Waals surface area contributed by atoms with Gasteiger partial charge < -0.3 is 9.80 Å². The summed E-state index contributed by atoms with van der Waals surface area (Å²) >= 11 is 0. The highest BCUT2D eigenvalue weighted by Gasteiger charge is 2.35. The first-order chi connectivity index (χ1) is 17.4. The first-order valence-corrected chi connectivity index (χ1v) is 13.9. The van der Waals surface area contributed by atoms with Crippen LogP contribution in [0.1, 0.15) is 93.2 Å². The Bertz CT molecular complexity index is 1090. The molecular formula is C34H48N2O2. The van der Waals surface area contributed by atoms with Gasteiger partial charge >= 0.3 is 0 Å². The highest BCUT2D eigenvalue weighted by Crippen LogP contribution is 2.38. The Balaban J connectivity index is 1.78. The van der Waals surface area contributed by atoms with E-state index in [1.807, 2.05) is 36.4 Å². The summed E-state index contributed by atoms with van der Waals surface area (Å²) in [6.45, 7) is 23.6. The van der Waals surface area contributed by atoms with Crippen LogP contribution in [0, 0.1) is 10.8 Å². The van der Waals surface area contributed by atoms with E-state index in [0.717, 1.165) is 48.2 Å². The Morgan fingerprint density at radius 2 is 1.08 bits per heavy atom. The van der Waals surface area contributed by atoms with Crippen molar-refractivity contribution >= 4 is 23.7 Å². The van der Waals surface area contributed by atoms with Gasteiger partial charge in [0.05, 0.1) is 0 Å². The molecule has 4 heteroatoms. The van der Waals surface area contributed by atoms with Gasteiger partial charge in [0, 0.05) is 47.7 Å². The van der Waals surface area contributed by atoms with Crippen molar-refractivity contribution in [2.75, 3.05) is 13.1 Å². The Labute approximate surface area is 231 Å². The van der Waals surface area contributed by atoms with Gasteiger partial charge in [0.15, 0.2) is 11.6 Å². The standard InChI is InChI=1S/C34H48N2O2/c1-31(2,3)35-20-18-33(7,8)27(23-35)29(37)16-14-25-12-11-13-26(22-25)15-17-30(38)28-24-36(32(4,5)6)21-19-34(28,9)10/h11-17,22-24H,18-21H2,1-10H3/b16-14+,17-15+. The van der Waals surface area contributed by atoms with E-state index in [2.05, 4.69) is 91.4 Å². The summed E-state index contributed by atoms with van der Waals surface area (Å²) in [5.74, 6) is 0.102. The fourth-order valence-corrected chi connectivity index (χ4v) is 5.00. The molecule has 0 radical (unpaired) electrons. The lowest BCUT2D eigenvalue weighted by molar-refractivity contribution is -0.113. The largest absolute Gasteiger partial charge is 0.372 e. The Morgan fingerprint density at radius 3 is 1.42 bits per heavy atom. The first kappa shape index (κ1) is 29.7. The second-order valence-corrected chi connectivity index (χ2v) is 14.1. The number of ketones is 2. The predicted molar refractivity (Wildman–Crippen MR) is 160 cm³/mol. The topological polar surface area (TPSA) is 40.6 Å². The summed E-state index contributed by atoms with van der Waals surface area (Å²) in [6, 6.07) is 7.94. The van der Waals surface area contributed by atoms with Crippen LogP contribution in [0.5, 0.6) is 0 Å². The molecule has 0 atom stereocenters. The number of nitrogens with zero attached hydrogens (tertiary/aromatic N) is 2. The summed E-state index contributed by atoms with van der Waals surface area (Å²) in [5, 5.41) is 0. The van der Waals surface area contributed by atoms with Crippen molar-refractivity contribution in [1.82, 2.24) is 9.80 Å². The van der Waals surface area contributed by atoms with E-state index < -0.39 is 0 Å². The molecular weight excluding hydrogens is 468 g/mol. The Hall–Kier alpha value is -2.88. The Kier molecular flexibility index (Phi) is 8.36. The molecule has 0 N–H and O–H groups in total. The van der Waals surface area contributed by atoms with Crippen molar-refractivity contribution in [1.29, 1.82) is 0 Å². The van der Waals surface area contributed by atoms with E-state index in [4.69, 9.17) is 0 Å². The van der Waals surface area contributed by atoms with Gasteiger partial charge in [0.25, 0.3) is 0 Å². The van der Waals surface area contributed by atoms with Crippen LogP contribution in [-0.4, -0.2) is 45.5 Å². The van der Waals surface area contributed by atoms with E-state index in [9.17, 15) is 9.59 Å². The Morgan fingerprint density at radius 1 is 0.711 bits per heavy atom. The van der Waals surface area contributed by atoms with E-state index in [1.165, 1.54) is 0 Å². The molecule has 0 unspecified atom stereocenters. The zero-order valence-electron chi connectivity index (χ0n) is 25.3. The molecule has 2 aliphatic heterocycles. The van der Waals surface area contributed by atoms with E-state index in [-0.39, 0.29) is 33.5 Å². The van der Waals surface area contributed by atoms with Gasteiger partial charge in [-0.15, -0.1) is 0 Å². The summed E-state index contributed by atoms with van der Waals surface area (Å²) in [4.78, 5) is 31.0. The van der Waals surface area contributed by atoms with Crippen LogP contribution in [0.3, 0.4) is 0 Å². The smallest absolute Gasteiger partial charge is 0.183 e. The van der Waals surface area contributed by atoms with Gasteiger partial charge in [-0.1, -0.05) is 58.0 Å². The number of hydrogen-bond donors (Lipinski definition) is 0. The van der Waals surface area contributed by atoms with Crippen LogP contribution in [0.25, 0.3) is 12.2 Å². The van der Waals surface area contributed by atoms with Gasteiger partial charge in [-0.3, -0.25) is 9.59 Å². The van der Waals surface area contributed by atoms with Crippen LogP contribution < -0.4 is 0 Å². The van der Waals surface area contributed by atoms with Crippen LogP contribution in [0.15, 0.2) is 60.0 Å². The number of carbonyl (C=O) groups excluding carboxylic acids is 2. The minimum absolute atomic E-state index is 0.0161. The lowest BCUT2D eigenvalue weighted by Gasteiger charge is -2.43. The number of hydrogen-bond acceptors (Lipinski definition) is 4. The van der Waals surface area contributed by atoms with Crippen molar-refractivity contribution in [3.63, 3.8) is 0 Å². The highest BCUT2D eigenvalue weighted by atomic mass is 16.1. The molecule has 2 heterocycles. The number of benzene rings is 1. The fourth-order valence-electron chi connectivity index (χ4n) is 5.00. The molecule has 3 rings (SSSR count). The van der Waals surface area contributed by atoms with E-state index in [0.29, 0.717) is 0 Å². The second-order valence-electron chi connectivity index (χ2n) is 14.1.